The molecule has 2 unspecified atom stereocenters. The van der Waals surface area contributed by atoms with Crippen molar-refractivity contribution in [2.24, 2.45) is 5.92 Å². The van der Waals surface area contributed by atoms with Gasteiger partial charge in [0.25, 0.3) is 0 Å². The monoisotopic (exact) mass is 523 g/mol. The molecule has 1 aromatic heterocycles. The number of aromatic nitrogens is 1. The molecule has 2 N–H and O–H groups in total. The number of carboxylic acid groups (broad SMARTS) is 1. The molecule has 2 aliphatic heterocycles. The van der Waals surface area contributed by atoms with Crippen molar-refractivity contribution >= 4 is 27.9 Å². The number of fused-ring (bicyclic) bond motifs is 2. The van der Waals surface area contributed by atoms with Crippen LogP contribution in [0.15, 0.2) is 66.9 Å². The Labute approximate surface area is 224 Å². The van der Waals surface area contributed by atoms with Crippen molar-refractivity contribution in [3.8, 4) is 23.0 Å². The molecular weight excluding hydrogens is 494 g/mol. The van der Waals surface area contributed by atoms with Gasteiger partial charge in [0.05, 0.1) is 16.5 Å². The van der Waals surface area contributed by atoms with Crippen LogP contribution in [-0.2, 0) is 24.1 Å². The van der Waals surface area contributed by atoms with Crippen molar-refractivity contribution in [2.75, 3.05) is 25.9 Å². The predicted octanol–water partition coefficient (Wildman–Crippen LogP) is 4.86. The highest BCUT2D eigenvalue weighted by Crippen LogP contribution is 2.31. The van der Waals surface area contributed by atoms with Gasteiger partial charge in [-0.25, -0.2) is 13.3 Å². The minimum absolute atomic E-state index is 0.240. The molecule has 4 aromatic rings. The lowest BCUT2D eigenvalue weighted by Crippen LogP contribution is -2.28. The Balaban J connectivity index is 1.25. The van der Waals surface area contributed by atoms with Gasteiger partial charge in [-0.05, 0) is 70.8 Å². The van der Waals surface area contributed by atoms with E-state index < -0.39 is 17.0 Å². The molecule has 0 bridgehead atoms. The van der Waals surface area contributed by atoms with Crippen LogP contribution >= 0.6 is 0 Å². The largest absolute Gasteiger partial charge is 0.478 e. The van der Waals surface area contributed by atoms with Crippen molar-refractivity contribution in [1.29, 1.82) is 0 Å². The van der Waals surface area contributed by atoms with Gasteiger partial charge in [0.1, 0.15) is 0 Å². The van der Waals surface area contributed by atoms with E-state index in [1.165, 1.54) is 11.1 Å². The number of H-pyrrole nitrogens is 1. The molecule has 7 heteroatoms. The Kier molecular flexibility index (Phi) is 6.62. The van der Waals surface area contributed by atoms with Crippen LogP contribution in [0.25, 0.3) is 22.0 Å². The minimum atomic E-state index is -0.969. The number of carbonyl (C=O) groups is 1. The summed E-state index contributed by atoms with van der Waals surface area (Å²) in [5, 5.41) is 11.0. The predicted molar refractivity (Wildman–Crippen MR) is 151 cm³/mol. The lowest BCUT2D eigenvalue weighted by atomic mass is 9.93. The van der Waals surface area contributed by atoms with E-state index in [9.17, 15) is 14.1 Å². The van der Waals surface area contributed by atoms with Crippen LogP contribution in [0, 0.1) is 17.8 Å². The maximum atomic E-state index is 12.1. The van der Waals surface area contributed by atoms with Gasteiger partial charge in [-0.2, -0.15) is 0 Å². The third kappa shape index (κ3) is 4.91. The van der Waals surface area contributed by atoms with Gasteiger partial charge in [-0.15, -0.1) is 0 Å². The smallest absolute Gasteiger partial charge is 0.336 e. The third-order valence-electron chi connectivity index (χ3n) is 7.60. The molecule has 192 valence electrons. The highest BCUT2D eigenvalue weighted by atomic mass is 32.2. The van der Waals surface area contributed by atoms with Gasteiger partial charge in [0.15, 0.2) is 0 Å². The van der Waals surface area contributed by atoms with E-state index in [0.717, 1.165) is 61.2 Å². The minimum Gasteiger partial charge on any atom is -0.478 e. The first-order valence-electron chi connectivity index (χ1n) is 12.8. The zero-order valence-corrected chi connectivity index (χ0v) is 22.1. The molecule has 0 amide bonds. The highest BCUT2D eigenvalue weighted by molar-refractivity contribution is 7.81. The SMILES string of the molecule is CS(=O)N1CCC(CN2Cc3ccc(C#Cc4cccc(C(=O)O)c4-c4ccc5cc[nH]c5c4)cc3C2)C1. The standard InChI is InChI=1S/C31H29N3O3S/c1-38(37)34-14-12-22(18-34)17-33-19-26-8-6-21(15-27(26)20-33)5-7-24-3-2-4-28(31(35)36)30(24)25-10-9-23-11-13-32-29(23)16-25/h2-4,6,8-11,13,15-16,22,32H,12,14,17-20H2,1H3,(H,35,36). The van der Waals surface area contributed by atoms with Gasteiger partial charge < -0.3 is 10.1 Å². The fourth-order valence-electron chi connectivity index (χ4n) is 5.71. The summed E-state index contributed by atoms with van der Waals surface area (Å²) >= 11 is 0. The molecule has 38 heavy (non-hydrogen) atoms. The molecule has 0 aliphatic carbocycles. The number of aromatic amines is 1. The Hall–Kier alpha value is -3.70. The molecule has 0 saturated carbocycles. The quantitative estimate of drug-likeness (QED) is 0.366. The molecule has 0 radical (unpaired) electrons. The van der Waals surface area contributed by atoms with Crippen LogP contribution in [0.2, 0.25) is 0 Å². The molecule has 6 nitrogen and oxygen atoms in total. The second-order valence-corrected chi connectivity index (χ2v) is 11.5. The molecule has 1 fully saturated rings. The third-order valence-corrected chi connectivity index (χ3v) is 8.66. The van der Waals surface area contributed by atoms with E-state index in [0.29, 0.717) is 17.0 Å². The molecule has 1 saturated heterocycles. The number of benzene rings is 3. The fourth-order valence-corrected chi connectivity index (χ4v) is 6.49. The summed E-state index contributed by atoms with van der Waals surface area (Å²) in [6.07, 6.45) is 4.73. The van der Waals surface area contributed by atoms with Crippen molar-refractivity contribution in [1.82, 2.24) is 14.2 Å². The summed E-state index contributed by atoms with van der Waals surface area (Å²) in [4.78, 5) is 17.8. The van der Waals surface area contributed by atoms with Gasteiger partial charge in [-0.1, -0.05) is 36.1 Å². The summed E-state index contributed by atoms with van der Waals surface area (Å²) in [6, 6.07) is 19.6. The van der Waals surface area contributed by atoms with Gasteiger partial charge in [0, 0.05) is 67.4 Å². The molecule has 3 aromatic carbocycles. The van der Waals surface area contributed by atoms with E-state index >= 15 is 0 Å². The van der Waals surface area contributed by atoms with Crippen LogP contribution in [0.1, 0.15) is 39.0 Å². The molecule has 6 rings (SSSR count). The van der Waals surface area contributed by atoms with E-state index in [2.05, 4.69) is 44.2 Å². The van der Waals surface area contributed by atoms with Crippen molar-refractivity contribution < 1.29 is 14.1 Å². The lowest BCUT2D eigenvalue weighted by molar-refractivity contribution is 0.0697. The van der Waals surface area contributed by atoms with Crippen molar-refractivity contribution in [2.45, 2.75) is 19.5 Å². The van der Waals surface area contributed by atoms with Gasteiger partial charge in [0.2, 0.25) is 0 Å². The second kappa shape index (κ2) is 10.2. The zero-order chi connectivity index (χ0) is 26.2. The molecule has 2 atom stereocenters. The first-order valence-corrected chi connectivity index (χ1v) is 14.3. The van der Waals surface area contributed by atoms with E-state index in [-0.39, 0.29) is 5.56 Å². The highest BCUT2D eigenvalue weighted by Gasteiger charge is 2.28. The van der Waals surface area contributed by atoms with Gasteiger partial charge >= 0.3 is 5.97 Å². The second-order valence-electron chi connectivity index (χ2n) is 10.2. The summed E-state index contributed by atoms with van der Waals surface area (Å²) in [6.45, 7) is 4.66. The number of hydrogen-bond acceptors (Lipinski definition) is 3. The summed E-state index contributed by atoms with van der Waals surface area (Å²) in [5.41, 5.74) is 6.89. The summed E-state index contributed by atoms with van der Waals surface area (Å²) in [7, 11) is -0.883. The number of nitrogens with zero attached hydrogens (tertiary/aromatic N) is 2. The van der Waals surface area contributed by atoms with Crippen LogP contribution < -0.4 is 0 Å². The average molecular weight is 524 g/mol. The number of aromatic carboxylic acids is 1. The van der Waals surface area contributed by atoms with Crippen molar-refractivity contribution in [3.05, 3.63) is 94.7 Å². The maximum Gasteiger partial charge on any atom is 0.336 e. The summed E-state index contributed by atoms with van der Waals surface area (Å²) in [5.74, 6) is 6.15. The first kappa shape index (κ1) is 24.6. The number of hydrogen-bond donors (Lipinski definition) is 2. The first-order chi connectivity index (χ1) is 18.4. The fraction of sp³-hybridized carbons (Fsp3) is 0.258. The van der Waals surface area contributed by atoms with Crippen LogP contribution in [-0.4, -0.2) is 55.4 Å². The van der Waals surface area contributed by atoms with Crippen molar-refractivity contribution in [3.63, 3.8) is 0 Å². The van der Waals surface area contributed by atoms with E-state index in [1.54, 1.807) is 18.4 Å². The Morgan fingerprint density at radius 2 is 1.95 bits per heavy atom. The normalized spacial score (nSPS) is 18.3. The lowest BCUT2D eigenvalue weighted by Gasteiger charge is -2.19. The summed E-state index contributed by atoms with van der Waals surface area (Å²) < 4.78 is 13.8. The Morgan fingerprint density at radius 3 is 2.76 bits per heavy atom. The number of carboxylic acids is 1. The maximum absolute atomic E-state index is 12.1. The average Bonchev–Trinajstić information content (AvgIpc) is 3.66. The molecule has 3 heterocycles. The molecular formula is C31H29N3O3S. The van der Waals surface area contributed by atoms with Crippen LogP contribution in [0.3, 0.4) is 0 Å². The zero-order valence-electron chi connectivity index (χ0n) is 21.2. The topological polar surface area (TPSA) is 76.6 Å². The molecule has 2 aliphatic rings. The number of rotatable bonds is 5. The van der Waals surface area contributed by atoms with Crippen LogP contribution in [0.4, 0.5) is 0 Å². The van der Waals surface area contributed by atoms with Crippen LogP contribution in [0.5, 0.6) is 0 Å². The molecule has 0 spiro atoms. The van der Waals surface area contributed by atoms with E-state index in [4.69, 9.17) is 0 Å². The van der Waals surface area contributed by atoms with E-state index in [1.807, 2.05) is 36.5 Å². The van der Waals surface area contributed by atoms with Gasteiger partial charge in [-0.3, -0.25) is 4.90 Å². The number of nitrogens with one attached hydrogen (secondary N) is 1. The Bertz CT molecular complexity index is 1630. The Morgan fingerprint density at radius 1 is 1.08 bits per heavy atom.